The van der Waals surface area contributed by atoms with Crippen molar-refractivity contribution in [3.63, 3.8) is 0 Å². The monoisotopic (exact) mass is 333 g/mol. The summed E-state index contributed by atoms with van der Waals surface area (Å²) >= 11 is 0. The smallest absolute Gasteiger partial charge is 0.253 e. The van der Waals surface area contributed by atoms with Gasteiger partial charge in [-0.05, 0) is 37.0 Å². The Bertz CT molecular complexity index is 583. The fraction of sp³-hybridized carbons (Fsp3) is 0.444. The van der Waals surface area contributed by atoms with Crippen molar-refractivity contribution in [2.75, 3.05) is 20.3 Å². The largest absolute Gasteiger partial charge is 0.493 e. The zero-order chi connectivity index (χ0) is 17.4. The molecule has 6 heteroatoms. The number of imide groups is 1. The SMILES string of the molecule is C=CCc1ccc(OCCCCON2C(=O)CCC2=O)c(OC)c1. The van der Waals surface area contributed by atoms with Crippen molar-refractivity contribution in [2.24, 2.45) is 0 Å². The highest BCUT2D eigenvalue weighted by Gasteiger charge is 2.29. The average molecular weight is 333 g/mol. The molecule has 1 aliphatic heterocycles. The van der Waals surface area contributed by atoms with E-state index in [2.05, 4.69) is 6.58 Å². The van der Waals surface area contributed by atoms with Crippen molar-refractivity contribution in [2.45, 2.75) is 32.1 Å². The van der Waals surface area contributed by atoms with Gasteiger partial charge >= 0.3 is 0 Å². The minimum atomic E-state index is -0.263. The highest BCUT2D eigenvalue weighted by Crippen LogP contribution is 2.28. The van der Waals surface area contributed by atoms with Crippen LogP contribution < -0.4 is 9.47 Å². The number of hydrogen-bond donors (Lipinski definition) is 0. The van der Waals surface area contributed by atoms with Crippen molar-refractivity contribution >= 4 is 11.8 Å². The quantitative estimate of drug-likeness (QED) is 0.374. The van der Waals surface area contributed by atoms with Gasteiger partial charge < -0.3 is 9.47 Å². The third kappa shape index (κ3) is 4.83. The number of rotatable bonds is 10. The third-order valence-corrected chi connectivity index (χ3v) is 3.63. The van der Waals surface area contributed by atoms with Gasteiger partial charge in [0.2, 0.25) is 0 Å². The Labute approximate surface area is 141 Å². The second kappa shape index (κ2) is 9.08. The summed E-state index contributed by atoms with van der Waals surface area (Å²) in [6, 6.07) is 5.80. The van der Waals surface area contributed by atoms with Crippen LogP contribution in [0.4, 0.5) is 0 Å². The molecule has 0 aliphatic carbocycles. The first kappa shape index (κ1) is 18.0. The molecular formula is C18H23NO5. The van der Waals surface area contributed by atoms with Crippen molar-refractivity contribution in [3.8, 4) is 11.5 Å². The zero-order valence-corrected chi connectivity index (χ0v) is 14.0. The number of hydrogen-bond acceptors (Lipinski definition) is 5. The normalized spacial score (nSPS) is 14.1. The fourth-order valence-corrected chi connectivity index (χ4v) is 2.37. The molecule has 24 heavy (non-hydrogen) atoms. The molecule has 0 saturated carbocycles. The lowest BCUT2D eigenvalue weighted by Crippen LogP contribution is -2.29. The molecule has 1 aliphatic rings. The Morgan fingerprint density at radius 2 is 1.83 bits per heavy atom. The molecule has 2 amide bonds. The fourth-order valence-electron chi connectivity index (χ4n) is 2.37. The number of benzene rings is 1. The number of amides is 2. The van der Waals surface area contributed by atoms with E-state index in [1.165, 1.54) is 0 Å². The Kier molecular flexibility index (Phi) is 6.81. The van der Waals surface area contributed by atoms with E-state index < -0.39 is 0 Å². The molecule has 1 saturated heterocycles. The summed E-state index contributed by atoms with van der Waals surface area (Å²) in [7, 11) is 1.61. The molecule has 0 spiro atoms. The number of hydroxylamine groups is 2. The number of ether oxygens (including phenoxy) is 2. The van der Waals surface area contributed by atoms with E-state index in [-0.39, 0.29) is 24.7 Å². The Morgan fingerprint density at radius 1 is 1.12 bits per heavy atom. The van der Waals surface area contributed by atoms with Crippen molar-refractivity contribution in [1.29, 1.82) is 0 Å². The maximum atomic E-state index is 11.4. The minimum absolute atomic E-state index is 0.240. The third-order valence-electron chi connectivity index (χ3n) is 3.63. The number of carbonyl (C=O) groups is 2. The molecule has 2 rings (SSSR count). The van der Waals surface area contributed by atoms with Crippen LogP contribution in [-0.4, -0.2) is 37.2 Å². The highest BCUT2D eigenvalue weighted by atomic mass is 16.7. The average Bonchev–Trinajstić information content (AvgIpc) is 2.90. The van der Waals surface area contributed by atoms with E-state index in [1.807, 2.05) is 24.3 Å². The minimum Gasteiger partial charge on any atom is -0.493 e. The number of allylic oxidation sites excluding steroid dienone is 1. The van der Waals surface area contributed by atoms with Gasteiger partial charge in [0, 0.05) is 12.8 Å². The molecule has 1 heterocycles. The van der Waals surface area contributed by atoms with Gasteiger partial charge in [-0.2, -0.15) is 5.06 Å². The van der Waals surface area contributed by atoms with Gasteiger partial charge in [-0.3, -0.25) is 14.4 Å². The van der Waals surface area contributed by atoms with Crippen LogP contribution in [0.25, 0.3) is 0 Å². The van der Waals surface area contributed by atoms with Crippen molar-refractivity contribution in [3.05, 3.63) is 36.4 Å². The van der Waals surface area contributed by atoms with Crippen LogP contribution in [0.5, 0.6) is 11.5 Å². The summed E-state index contributed by atoms with van der Waals surface area (Å²) in [4.78, 5) is 28.0. The Hall–Kier alpha value is -2.34. The molecule has 0 unspecified atom stereocenters. The van der Waals surface area contributed by atoms with Gasteiger partial charge in [-0.15, -0.1) is 6.58 Å². The van der Waals surface area contributed by atoms with E-state index >= 15 is 0 Å². The molecule has 1 fully saturated rings. The second-order valence-electron chi connectivity index (χ2n) is 5.45. The molecule has 0 aromatic heterocycles. The van der Waals surface area contributed by atoms with Gasteiger partial charge in [-0.1, -0.05) is 12.1 Å². The number of unbranched alkanes of at least 4 members (excludes halogenated alkanes) is 1. The summed E-state index contributed by atoms with van der Waals surface area (Å²) in [6.07, 6.45) is 4.53. The molecule has 0 bridgehead atoms. The predicted molar refractivity (Wildman–Crippen MR) is 88.7 cm³/mol. The van der Waals surface area contributed by atoms with Gasteiger partial charge in [-0.25, -0.2) is 0 Å². The van der Waals surface area contributed by atoms with E-state index in [0.717, 1.165) is 23.5 Å². The topological polar surface area (TPSA) is 65.1 Å². The molecule has 6 nitrogen and oxygen atoms in total. The summed E-state index contributed by atoms with van der Waals surface area (Å²) in [6.45, 7) is 4.54. The van der Waals surface area contributed by atoms with Crippen LogP contribution in [0, 0.1) is 0 Å². The van der Waals surface area contributed by atoms with Crippen LogP contribution in [0.3, 0.4) is 0 Å². The van der Waals surface area contributed by atoms with Crippen LogP contribution in [0.15, 0.2) is 30.9 Å². The lowest BCUT2D eigenvalue weighted by Gasteiger charge is -2.14. The molecule has 130 valence electrons. The van der Waals surface area contributed by atoms with Crippen molar-refractivity contribution < 1.29 is 23.9 Å². The first-order valence-corrected chi connectivity index (χ1v) is 8.05. The van der Waals surface area contributed by atoms with Crippen LogP contribution >= 0.6 is 0 Å². The standard InChI is InChI=1S/C18H23NO5/c1-3-6-14-7-8-15(16(13-14)22-2)23-11-4-5-12-24-19-17(20)9-10-18(19)21/h3,7-8,13H,1,4-6,9-12H2,2H3. The van der Waals surface area contributed by atoms with E-state index in [1.54, 1.807) is 7.11 Å². The molecule has 1 aromatic rings. The maximum Gasteiger partial charge on any atom is 0.253 e. The van der Waals surface area contributed by atoms with Crippen molar-refractivity contribution in [1.82, 2.24) is 5.06 Å². The maximum absolute atomic E-state index is 11.4. The number of nitrogens with zero attached hydrogens (tertiary/aromatic N) is 1. The predicted octanol–water partition coefficient (Wildman–Crippen LogP) is 2.66. The van der Waals surface area contributed by atoms with Gasteiger partial charge in [0.15, 0.2) is 11.5 Å². The van der Waals surface area contributed by atoms with E-state index in [9.17, 15) is 9.59 Å². The van der Waals surface area contributed by atoms with Gasteiger partial charge in [0.25, 0.3) is 11.8 Å². The van der Waals surface area contributed by atoms with Crippen LogP contribution in [0.1, 0.15) is 31.2 Å². The molecule has 0 atom stereocenters. The van der Waals surface area contributed by atoms with Crippen LogP contribution in [-0.2, 0) is 20.8 Å². The number of carbonyl (C=O) groups excluding carboxylic acids is 2. The van der Waals surface area contributed by atoms with E-state index in [0.29, 0.717) is 31.1 Å². The lowest BCUT2D eigenvalue weighted by atomic mass is 10.1. The first-order valence-electron chi connectivity index (χ1n) is 8.05. The molecule has 0 N–H and O–H groups in total. The number of methoxy groups -OCH3 is 1. The molecule has 1 aromatic carbocycles. The molecular weight excluding hydrogens is 310 g/mol. The Balaban J connectivity index is 1.69. The summed E-state index contributed by atoms with van der Waals surface area (Å²) in [5.41, 5.74) is 1.11. The highest BCUT2D eigenvalue weighted by molar-refractivity contribution is 6.00. The molecule has 0 radical (unpaired) electrons. The Morgan fingerprint density at radius 3 is 2.50 bits per heavy atom. The van der Waals surface area contributed by atoms with Gasteiger partial charge in [0.05, 0.1) is 20.3 Å². The van der Waals surface area contributed by atoms with Gasteiger partial charge in [0.1, 0.15) is 0 Å². The summed E-state index contributed by atoms with van der Waals surface area (Å²) < 4.78 is 11.1. The second-order valence-corrected chi connectivity index (χ2v) is 5.45. The lowest BCUT2D eigenvalue weighted by molar-refractivity contribution is -0.187. The summed E-state index contributed by atoms with van der Waals surface area (Å²) in [5, 5.41) is 0.877. The zero-order valence-electron chi connectivity index (χ0n) is 14.0. The first-order chi connectivity index (χ1) is 11.7. The van der Waals surface area contributed by atoms with E-state index in [4.69, 9.17) is 14.3 Å². The summed E-state index contributed by atoms with van der Waals surface area (Å²) in [5.74, 6) is 0.858. The van der Waals surface area contributed by atoms with Crippen LogP contribution in [0.2, 0.25) is 0 Å².